The minimum absolute atomic E-state index is 0.0734. The first kappa shape index (κ1) is 9.51. The molecule has 2 rings (SSSR count). The molecule has 1 amide bonds. The van der Waals surface area contributed by atoms with Crippen molar-refractivity contribution in [2.75, 3.05) is 12.8 Å². The van der Waals surface area contributed by atoms with Crippen LogP contribution in [0.4, 0.5) is 5.69 Å². The minimum atomic E-state index is -0.0734. The van der Waals surface area contributed by atoms with Crippen molar-refractivity contribution in [2.45, 2.75) is 6.54 Å². The van der Waals surface area contributed by atoms with Crippen LogP contribution in [-0.2, 0) is 11.3 Å². The molecule has 0 unspecified atom stereocenters. The van der Waals surface area contributed by atoms with E-state index >= 15 is 0 Å². The maximum atomic E-state index is 11.1. The summed E-state index contributed by atoms with van der Waals surface area (Å²) in [6.45, 7) is 0.227. The van der Waals surface area contributed by atoms with Crippen LogP contribution in [0.2, 0.25) is 0 Å². The van der Waals surface area contributed by atoms with Crippen LogP contribution in [0.3, 0.4) is 0 Å². The maximum absolute atomic E-state index is 11.1. The Morgan fingerprint density at radius 2 is 2.40 bits per heavy atom. The van der Waals surface area contributed by atoms with Crippen LogP contribution in [0.1, 0.15) is 0 Å². The number of hydrogen-bond donors (Lipinski definition) is 2. The molecule has 0 spiro atoms. The van der Waals surface area contributed by atoms with Gasteiger partial charge in [-0.3, -0.25) is 9.48 Å². The second-order valence-electron chi connectivity index (χ2n) is 3.32. The third kappa shape index (κ3) is 1.90. The number of aromatic nitrogens is 2. The fourth-order valence-corrected chi connectivity index (χ4v) is 1.39. The summed E-state index contributed by atoms with van der Waals surface area (Å²) in [4.78, 5) is 11.1. The van der Waals surface area contributed by atoms with Crippen LogP contribution in [0.15, 0.2) is 24.4 Å². The summed E-state index contributed by atoms with van der Waals surface area (Å²) in [7, 11) is 1.60. The zero-order chi connectivity index (χ0) is 10.8. The predicted octanol–water partition coefficient (Wildman–Crippen LogP) is 0.364. The number of carbonyl (C=O) groups is 1. The topological polar surface area (TPSA) is 72.9 Å². The van der Waals surface area contributed by atoms with E-state index in [-0.39, 0.29) is 12.5 Å². The van der Waals surface area contributed by atoms with Gasteiger partial charge in [-0.25, -0.2) is 0 Å². The van der Waals surface area contributed by atoms with E-state index in [1.165, 1.54) is 0 Å². The number of benzene rings is 1. The lowest BCUT2D eigenvalue weighted by Gasteiger charge is -1.97. The van der Waals surface area contributed by atoms with Gasteiger partial charge in [-0.15, -0.1) is 0 Å². The maximum Gasteiger partial charge on any atom is 0.241 e. The molecule has 1 aromatic heterocycles. The van der Waals surface area contributed by atoms with Crippen LogP contribution in [0, 0.1) is 0 Å². The molecule has 0 aliphatic rings. The van der Waals surface area contributed by atoms with Gasteiger partial charge in [-0.1, -0.05) is 0 Å². The minimum Gasteiger partial charge on any atom is -0.399 e. The number of fused-ring (bicyclic) bond motifs is 1. The van der Waals surface area contributed by atoms with E-state index in [9.17, 15) is 4.79 Å². The SMILES string of the molecule is CNC(=O)Cn1cc2ccc(N)cc2n1. The molecule has 3 N–H and O–H groups in total. The molecule has 0 aliphatic heterocycles. The fraction of sp³-hybridized carbons (Fsp3) is 0.200. The molecule has 0 atom stereocenters. The van der Waals surface area contributed by atoms with E-state index in [0.717, 1.165) is 10.9 Å². The van der Waals surface area contributed by atoms with Crippen LogP contribution in [0.5, 0.6) is 0 Å². The number of likely N-dealkylation sites (N-methyl/N-ethyl adjacent to an activating group) is 1. The van der Waals surface area contributed by atoms with Gasteiger partial charge in [-0.05, 0) is 18.2 Å². The standard InChI is InChI=1S/C10H12N4O/c1-12-10(15)6-14-5-7-2-3-8(11)4-9(7)13-14/h2-5H,6,11H2,1H3,(H,12,15). The first-order valence-corrected chi connectivity index (χ1v) is 4.62. The zero-order valence-corrected chi connectivity index (χ0v) is 8.40. The Morgan fingerprint density at radius 1 is 1.60 bits per heavy atom. The molecule has 0 saturated carbocycles. The summed E-state index contributed by atoms with van der Waals surface area (Å²) in [6.07, 6.45) is 1.82. The van der Waals surface area contributed by atoms with Crippen LogP contribution < -0.4 is 11.1 Å². The Morgan fingerprint density at radius 3 is 3.13 bits per heavy atom. The van der Waals surface area contributed by atoms with Crippen molar-refractivity contribution in [1.29, 1.82) is 0 Å². The lowest BCUT2D eigenvalue weighted by molar-refractivity contribution is -0.121. The first-order valence-electron chi connectivity index (χ1n) is 4.62. The number of anilines is 1. The van der Waals surface area contributed by atoms with Gasteiger partial charge in [-0.2, -0.15) is 5.10 Å². The Hall–Kier alpha value is -2.04. The molecule has 0 aliphatic carbocycles. The number of hydrogen-bond acceptors (Lipinski definition) is 3. The highest BCUT2D eigenvalue weighted by atomic mass is 16.1. The summed E-state index contributed by atoms with van der Waals surface area (Å²) >= 11 is 0. The molecule has 0 bridgehead atoms. The third-order valence-electron chi connectivity index (χ3n) is 2.16. The first-order chi connectivity index (χ1) is 7.19. The van der Waals surface area contributed by atoms with Crippen LogP contribution in [0.25, 0.3) is 10.9 Å². The number of carbonyl (C=O) groups excluding carboxylic acids is 1. The Balaban J connectivity index is 2.34. The molecule has 0 saturated heterocycles. The summed E-state index contributed by atoms with van der Waals surface area (Å²) in [6, 6.07) is 5.49. The highest BCUT2D eigenvalue weighted by molar-refractivity contribution is 5.82. The third-order valence-corrected chi connectivity index (χ3v) is 2.16. The molecular weight excluding hydrogens is 192 g/mol. The average Bonchev–Trinajstić information content (AvgIpc) is 2.59. The number of nitrogens with two attached hydrogens (primary N) is 1. The highest BCUT2D eigenvalue weighted by Gasteiger charge is 2.03. The van der Waals surface area contributed by atoms with Gasteiger partial charge in [0.05, 0.1) is 5.52 Å². The largest absolute Gasteiger partial charge is 0.399 e. The second-order valence-corrected chi connectivity index (χ2v) is 3.32. The van der Waals surface area contributed by atoms with Gasteiger partial charge in [0.25, 0.3) is 0 Å². The predicted molar refractivity (Wildman–Crippen MR) is 58.2 cm³/mol. The number of nitrogen functional groups attached to an aromatic ring is 1. The molecule has 1 aromatic carbocycles. The Kier molecular flexibility index (Phi) is 2.29. The van der Waals surface area contributed by atoms with Gasteiger partial charge < -0.3 is 11.1 Å². The number of nitrogens with one attached hydrogen (secondary N) is 1. The Labute approximate surface area is 86.9 Å². The monoisotopic (exact) mass is 204 g/mol. The van der Waals surface area contributed by atoms with E-state index in [0.29, 0.717) is 5.69 Å². The van der Waals surface area contributed by atoms with Gasteiger partial charge in [0.2, 0.25) is 5.91 Å². The molecule has 0 radical (unpaired) electrons. The summed E-state index contributed by atoms with van der Waals surface area (Å²) in [5.74, 6) is -0.0734. The van der Waals surface area contributed by atoms with Crippen molar-refractivity contribution in [2.24, 2.45) is 0 Å². The van der Waals surface area contributed by atoms with Gasteiger partial charge in [0, 0.05) is 24.3 Å². The zero-order valence-electron chi connectivity index (χ0n) is 8.40. The lowest BCUT2D eigenvalue weighted by Crippen LogP contribution is -2.23. The van der Waals surface area contributed by atoms with Crippen LogP contribution in [-0.4, -0.2) is 22.7 Å². The molecule has 15 heavy (non-hydrogen) atoms. The normalized spacial score (nSPS) is 10.5. The second kappa shape index (κ2) is 3.61. The van der Waals surface area contributed by atoms with Gasteiger partial charge in [0.15, 0.2) is 0 Å². The quantitative estimate of drug-likeness (QED) is 0.694. The van der Waals surface area contributed by atoms with Gasteiger partial charge in [0.1, 0.15) is 6.54 Å². The Bertz CT molecular complexity index is 503. The van der Waals surface area contributed by atoms with Crippen molar-refractivity contribution in [1.82, 2.24) is 15.1 Å². The molecule has 0 fully saturated rings. The molecular formula is C10H12N4O. The lowest BCUT2D eigenvalue weighted by atomic mass is 10.2. The highest BCUT2D eigenvalue weighted by Crippen LogP contribution is 2.15. The summed E-state index contributed by atoms with van der Waals surface area (Å²) in [5, 5.41) is 7.76. The molecule has 78 valence electrons. The molecule has 1 heterocycles. The summed E-state index contributed by atoms with van der Waals surface area (Å²) < 4.78 is 1.60. The van der Waals surface area contributed by atoms with Crippen molar-refractivity contribution in [3.8, 4) is 0 Å². The summed E-state index contributed by atoms with van der Waals surface area (Å²) in [5.41, 5.74) is 7.11. The van der Waals surface area contributed by atoms with Crippen molar-refractivity contribution in [3.63, 3.8) is 0 Å². The van der Waals surface area contributed by atoms with Crippen molar-refractivity contribution >= 4 is 22.5 Å². The van der Waals surface area contributed by atoms with E-state index in [1.54, 1.807) is 17.8 Å². The van der Waals surface area contributed by atoms with Gasteiger partial charge >= 0.3 is 0 Å². The molecule has 5 heteroatoms. The molecule has 5 nitrogen and oxygen atoms in total. The molecule has 2 aromatic rings. The van der Waals surface area contributed by atoms with Crippen molar-refractivity contribution in [3.05, 3.63) is 24.4 Å². The average molecular weight is 204 g/mol. The van der Waals surface area contributed by atoms with E-state index in [2.05, 4.69) is 10.4 Å². The van der Waals surface area contributed by atoms with E-state index in [1.807, 2.05) is 18.3 Å². The smallest absolute Gasteiger partial charge is 0.241 e. The number of nitrogens with zero attached hydrogens (tertiary/aromatic N) is 2. The number of amides is 1. The van der Waals surface area contributed by atoms with Crippen LogP contribution >= 0.6 is 0 Å². The fourth-order valence-electron chi connectivity index (χ4n) is 1.39. The van der Waals surface area contributed by atoms with E-state index in [4.69, 9.17) is 5.73 Å². The number of rotatable bonds is 2. The van der Waals surface area contributed by atoms with E-state index < -0.39 is 0 Å². The van der Waals surface area contributed by atoms with Crippen molar-refractivity contribution < 1.29 is 4.79 Å².